The second kappa shape index (κ2) is 7.96. The fraction of sp³-hybridized carbons (Fsp3) is 0.471. The van der Waals surface area contributed by atoms with Crippen LogP contribution in [0.3, 0.4) is 0 Å². The van der Waals surface area contributed by atoms with Crippen molar-refractivity contribution in [3.05, 3.63) is 53.4 Å². The minimum absolute atomic E-state index is 0.457. The Morgan fingerprint density at radius 3 is 2.71 bits per heavy atom. The highest BCUT2D eigenvalue weighted by molar-refractivity contribution is 5.15. The first-order valence-corrected chi connectivity index (χ1v) is 7.54. The molecule has 0 amide bonds. The van der Waals surface area contributed by atoms with E-state index < -0.39 is 0 Å². The quantitative estimate of drug-likeness (QED) is 0.810. The molecule has 0 fully saturated rings. The number of rotatable bonds is 8. The van der Waals surface area contributed by atoms with E-state index in [1.807, 2.05) is 6.07 Å². The summed E-state index contributed by atoms with van der Waals surface area (Å²) in [6, 6.07) is 13.0. The van der Waals surface area contributed by atoms with Gasteiger partial charge in [0.25, 0.3) is 0 Å². The van der Waals surface area contributed by atoms with Crippen molar-refractivity contribution in [3.8, 4) is 0 Å². The summed E-state index contributed by atoms with van der Waals surface area (Å²) in [5.41, 5.74) is 2.33. The molecule has 0 saturated carbocycles. The van der Waals surface area contributed by atoms with Crippen LogP contribution >= 0.6 is 0 Å². The first-order chi connectivity index (χ1) is 10.1. The summed E-state index contributed by atoms with van der Waals surface area (Å²) in [6.07, 6.45) is 1.05. The molecule has 0 atom stereocenters. The third-order valence-electron chi connectivity index (χ3n) is 3.35. The SMILES string of the molecule is CC(C)NCc1cc(CN(C)CCc2ccccc2)on1. The van der Waals surface area contributed by atoms with Crippen molar-refractivity contribution in [1.29, 1.82) is 0 Å². The summed E-state index contributed by atoms with van der Waals surface area (Å²) in [7, 11) is 2.11. The van der Waals surface area contributed by atoms with Crippen molar-refractivity contribution < 1.29 is 4.52 Å². The molecule has 2 aromatic rings. The molecule has 0 spiro atoms. The van der Waals surface area contributed by atoms with Crippen molar-refractivity contribution in [2.24, 2.45) is 0 Å². The van der Waals surface area contributed by atoms with Gasteiger partial charge >= 0.3 is 0 Å². The molecule has 0 saturated heterocycles. The number of aromatic nitrogens is 1. The number of benzene rings is 1. The third-order valence-corrected chi connectivity index (χ3v) is 3.35. The van der Waals surface area contributed by atoms with Crippen molar-refractivity contribution >= 4 is 0 Å². The van der Waals surface area contributed by atoms with E-state index in [0.717, 1.165) is 37.5 Å². The van der Waals surface area contributed by atoms with E-state index in [1.54, 1.807) is 0 Å². The van der Waals surface area contributed by atoms with Gasteiger partial charge in [0.05, 0.1) is 12.2 Å². The van der Waals surface area contributed by atoms with Gasteiger partial charge in [-0.1, -0.05) is 49.3 Å². The van der Waals surface area contributed by atoms with Gasteiger partial charge in [-0.05, 0) is 19.0 Å². The molecular weight excluding hydrogens is 262 g/mol. The minimum Gasteiger partial charge on any atom is -0.360 e. The molecule has 1 N–H and O–H groups in total. The zero-order chi connectivity index (χ0) is 15.1. The standard InChI is InChI=1S/C17H25N3O/c1-14(2)18-12-16-11-17(21-19-16)13-20(3)10-9-15-7-5-4-6-8-15/h4-8,11,14,18H,9-10,12-13H2,1-3H3. The van der Waals surface area contributed by atoms with Crippen molar-refractivity contribution in [1.82, 2.24) is 15.4 Å². The normalized spacial score (nSPS) is 11.5. The van der Waals surface area contributed by atoms with Crippen LogP contribution < -0.4 is 5.32 Å². The maximum absolute atomic E-state index is 5.39. The van der Waals surface area contributed by atoms with Crippen LogP contribution in [-0.2, 0) is 19.5 Å². The number of likely N-dealkylation sites (N-methyl/N-ethyl adjacent to an activating group) is 1. The number of nitrogens with zero attached hydrogens (tertiary/aromatic N) is 2. The van der Waals surface area contributed by atoms with Gasteiger partial charge in [-0.25, -0.2) is 0 Å². The van der Waals surface area contributed by atoms with Gasteiger partial charge in [0.15, 0.2) is 5.76 Å². The molecule has 1 heterocycles. The Labute approximate surface area is 127 Å². The van der Waals surface area contributed by atoms with E-state index >= 15 is 0 Å². The first-order valence-electron chi connectivity index (χ1n) is 7.54. The van der Waals surface area contributed by atoms with Crippen LogP contribution in [-0.4, -0.2) is 29.7 Å². The van der Waals surface area contributed by atoms with Gasteiger partial charge in [-0.2, -0.15) is 0 Å². The van der Waals surface area contributed by atoms with Gasteiger partial charge in [0.2, 0.25) is 0 Å². The monoisotopic (exact) mass is 287 g/mol. The molecule has 0 radical (unpaired) electrons. The molecule has 114 valence electrons. The lowest BCUT2D eigenvalue weighted by molar-refractivity contribution is 0.273. The maximum Gasteiger partial charge on any atom is 0.151 e. The van der Waals surface area contributed by atoms with Gasteiger partial charge < -0.3 is 9.84 Å². The second-order valence-electron chi connectivity index (χ2n) is 5.79. The van der Waals surface area contributed by atoms with Crippen LogP contribution in [0.1, 0.15) is 30.9 Å². The number of hydrogen-bond acceptors (Lipinski definition) is 4. The average molecular weight is 287 g/mol. The van der Waals surface area contributed by atoms with E-state index in [0.29, 0.717) is 6.04 Å². The Morgan fingerprint density at radius 1 is 1.24 bits per heavy atom. The Bertz CT molecular complexity index is 522. The van der Waals surface area contributed by atoms with Crippen LogP contribution in [0, 0.1) is 0 Å². The third kappa shape index (κ3) is 5.69. The topological polar surface area (TPSA) is 41.3 Å². The zero-order valence-corrected chi connectivity index (χ0v) is 13.2. The summed E-state index contributed by atoms with van der Waals surface area (Å²) < 4.78 is 5.39. The molecule has 0 bridgehead atoms. The number of nitrogens with one attached hydrogen (secondary N) is 1. The van der Waals surface area contributed by atoms with Crippen LogP contribution in [0.4, 0.5) is 0 Å². The summed E-state index contributed by atoms with van der Waals surface area (Å²) in [5.74, 6) is 0.922. The van der Waals surface area contributed by atoms with Crippen LogP contribution in [0.15, 0.2) is 40.9 Å². The fourth-order valence-corrected chi connectivity index (χ4v) is 2.13. The van der Waals surface area contributed by atoms with Crippen molar-refractivity contribution in [2.75, 3.05) is 13.6 Å². The summed E-state index contributed by atoms with van der Waals surface area (Å²) in [5, 5.41) is 7.43. The lowest BCUT2D eigenvalue weighted by Gasteiger charge is -2.14. The zero-order valence-electron chi connectivity index (χ0n) is 13.2. The first kappa shape index (κ1) is 15.7. The molecule has 2 rings (SSSR count). The molecule has 0 aliphatic heterocycles. The summed E-state index contributed by atoms with van der Waals surface area (Å²) in [6.45, 7) is 6.80. The van der Waals surface area contributed by atoms with Crippen molar-refractivity contribution in [3.63, 3.8) is 0 Å². The van der Waals surface area contributed by atoms with Gasteiger partial charge in [0, 0.05) is 25.2 Å². The molecule has 4 heteroatoms. The van der Waals surface area contributed by atoms with Crippen LogP contribution in [0.2, 0.25) is 0 Å². The Balaban J connectivity index is 1.76. The van der Waals surface area contributed by atoms with Crippen molar-refractivity contribution in [2.45, 2.75) is 39.4 Å². The van der Waals surface area contributed by atoms with E-state index in [9.17, 15) is 0 Å². The highest BCUT2D eigenvalue weighted by Gasteiger charge is 2.07. The lowest BCUT2D eigenvalue weighted by atomic mass is 10.1. The molecule has 1 aromatic carbocycles. The summed E-state index contributed by atoms with van der Waals surface area (Å²) >= 11 is 0. The predicted octanol–water partition coefficient (Wildman–Crippen LogP) is 2.85. The number of hydrogen-bond donors (Lipinski definition) is 1. The van der Waals surface area contributed by atoms with E-state index in [2.05, 4.69) is 66.6 Å². The Hall–Kier alpha value is -1.65. The highest BCUT2D eigenvalue weighted by atomic mass is 16.5. The smallest absolute Gasteiger partial charge is 0.151 e. The molecular formula is C17H25N3O. The highest BCUT2D eigenvalue weighted by Crippen LogP contribution is 2.08. The summed E-state index contributed by atoms with van der Waals surface area (Å²) in [4.78, 5) is 2.26. The maximum atomic E-state index is 5.39. The Morgan fingerprint density at radius 2 is 2.00 bits per heavy atom. The average Bonchev–Trinajstić information content (AvgIpc) is 2.91. The fourth-order valence-electron chi connectivity index (χ4n) is 2.13. The van der Waals surface area contributed by atoms with E-state index in [-0.39, 0.29) is 0 Å². The molecule has 4 nitrogen and oxygen atoms in total. The molecule has 0 unspecified atom stereocenters. The van der Waals surface area contributed by atoms with E-state index in [1.165, 1.54) is 5.56 Å². The van der Waals surface area contributed by atoms with Gasteiger partial charge in [-0.15, -0.1) is 0 Å². The molecule has 0 aliphatic carbocycles. The molecule has 21 heavy (non-hydrogen) atoms. The van der Waals surface area contributed by atoms with Gasteiger partial charge in [-0.3, -0.25) is 4.90 Å². The predicted molar refractivity (Wildman–Crippen MR) is 85.0 cm³/mol. The molecule has 0 aliphatic rings. The Kier molecular flexibility index (Phi) is 5.96. The largest absolute Gasteiger partial charge is 0.360 e. The molecule has 1 aromatic heterocycles. The van der Waals surface area contributed by atoms with E-state index in [4.69, 9.17) is 4.52 Å². The second-order valence-corrected chi connectivity index (χ2v) is 5.79. The van der Waals surface area contributed by atoms with Gasteiger partial charge in [0.1, 0.15) is 0 Å². The lowest BCUT2D eigenvalue weighted by Crippen LogP contribution is -2.22. The minimum atomic E-state index is 0.457. The van der Waals surface area contributed by atoms with Crippen LogP contribution in [0.5, 0.6) is 0 Å². The van der Waals surface area contributed by atoms with Crippen LogP contribution in [0.25, 0.3) is 0 Å².